The third-order valence-corrected chi connectivity index (χ3v) is 4.90. The number of rotatable bonds is 3. The van der Waals surface area contributed by atoms with Gasteiger partial charge in [-0.05, 0) is 50.5 Å². The van der Waals surface area contributed by atoms with Gasteiger partial charge in [-0.25, -0.2) is 0 Å². The molecule has 1 saturated carbocycles. The van der Waals surface area contributed by atoms with E-state index in [9.17, 15) is 4.79 Å². The molecule has 0 bridgehead atoms. The van der Waals surface area contributed by atoms with E-state index in [0.29, 0.717) is 12.0 Å². The van der Waals surface area contributed by atoms with Gasteiger partial charge in [-0.3, -0.25) is 4.79 Å². The molecule has 2 rings (SSSR count). The number of nitrogens with one attached hydrogen (secondary N) is 2. The molecule has 3 atom stereocenters. The van der Waals surface area contributed by atoms with Crippen LogP contribution in [-0.2, 0) is 4.79 Å². The van der Waals surface area contributed by atoms with Crippen LogP contribution in [0.5, 0.6) is 0 Å². The Balaban J connectivity index is 1.75. The first-order valence-corrected chi connectivity index (χ1v) is 7.50. The Morgan fingerprint density at radius 2 is 2.11 bits per heavy atom. The van der Waals surface area contributed by atoms with Gasteiger partial charge in [0.15, 0.2) is 0 Å². The van der Waals surface area contributed by atoms with Crippen molar-refractivity contribution in [3.63, 3.8) is 0 Å². The van der Waals surface area contributed by atoms with Crippen molar-refractivity contribution in [1.29, 1.82) is 0 Å². The second-order valence-electron chi connectivity index (χ2n) is 6.93. The molecule has 0 aromatic carbocycles. The van der Waals surface area contributed by atoms with Crippen molar-refractivity contribution in [2.24, 2.45) is 17.3 Å². The molecule has 2 fully saturated rings. The van der Waals surface area contributed by atoms with Gasteiger partial charge >= 0.3 is 0 Å². The van der Waals surface area contributed by atoms with Crippen molar-refractivity contribution in [3.05, 3.63) is 0 Å². The highest BCUT2D eigenvalue weighted by Crippen LogP contribution is 2.42. The van der Waals surface area contributed by atoms with E-state index in [2.05, 4.69) is 31.4 Å². The Morgan fingerprint density at radius 1 is 1.33 bits per heavy atom. The average Bonchev–Trinajstić information content (AvgIpc) is 2.68. The lowest BCUT2D eigenvalue weighted by Gasteiger charge is -2.30. The predicted octanol–water partition coefficient (Wildman–Crippen LogP) is 2.32. The number of amides is 1. The molecule has 3 heteroatoms. The maximum absolute atomic E-state index is 12.2. The van der Waals surface area contributed by atoms with Crippen LogP contribution in [-0.4, -0.2) is 25.0 Å². The molecule has 2 N–H and O–H groups in total. The maximum Gasteiger partial charge on any atom is 0.223 e. The minimum atomic E-state index is 0.198. The number of carbonyl (C=O) groups is 1. The van der Waals surface area contributed by atoms with E-state index in [1.807, 2.05) is 0 Å². The molecule has 1 saturated heterocycles. The smallest absolute Gasteiger partial charge is 0.223 e. The Kier molecular flexibility index (Phi) is 4.31. The minimum absolute atomic E-state index is 0.198. The summed E-state index contributed by atoms with van der Waals surface area (Å²) in [7, 11) is 0. The van der Waals surface area contributed by atoms with Gasteiger partial charge in [0.2, 0.25) is 5.91 Å². The van der Waals surface area contributed by atoms with Gasteiger partial charge < -0.3 is 10.6 Å². The summed E-state index contributed by atoms with van der Waals surface area (Å²) < 4.78 is 0. The fourth-order valence-corrected chi connectivity index (χ4v) is 3.41. The maximum atomic E-state index is 12.2. The van der Waals surface area contributed by atoms with E-state index in [1.54, 1.807) is 0 Å². The van der Waals surface area contributed by atoms with E-state index < -0.39 is 0 Å². The summed E-state index contributed by atoms with van der Waals surface area (Å²) in [5.41, 5.74) is 0.198. The van der Waals surface area contributed by atoms with Crippen LogP contribution in [0.4, 0.5) is 0 Å². The number of hydrogen-bond acceptors (Lipinski definition) is 2. The van der Waals surface area contributed by atoms with Gasteiger partial charge in [-0.1, -0.05) is 20.3 Å². The molecule has 1 aliphatic carbocycles. The van der Waals surface area contributed by atoms with Crippen LogP contribution in [0.15, 0.2) is 0 Å². The first kappa shape index (κ1) is 13.9. The average molecular weight is 252 g/mol. The molecular weight excluding hydrogens is 224 g/mol. The van der Waals surface area contributed by atoms with Gasteiger partial charge in [0.1, 0.15) is 0 Å². The molecule has 3 unspecified atom stereocenters. The number of hydrogen-bond donors (Lipinski definition) is 2. The third-order valence-electron chi connectivity index (χ3n) is 4.90. The second kappa shape index (κ2) is 5.60. The summed E-state index contributed by atoms with van der Waals surface area (Å²) in [5, 5.41) is 6.68. The van der Waals surface area contributed by atoms with Gasteiger partial charge in [0.25, 0.3) is 0 Å². The second-order valence-corrected chi connectivity index (χ2v) is 6.93. The summed E-state index contributed by atoms with van der Waals surface area (Å²) in [4.78, 5) is 12.2. The van der Waals surface area contributed by atoms with Crippen LogP contribution in [0.2, 0.25) is 0 Å². The summed E-state index contributed by atoms with van der Waals surface area (Å²) >= 11 is 0. The van der Waals surface area contributed by atoms with Crippen molar-refractivity contribution < 1.29 is 4.79 Å². The number of carbonyl (C=O) groups excluding carboxylic acids is 1. The molecule has 0 spiro atoms. The molecule has 1 aliphatic heterocycles. The van der Waals surface area contributed by atoms with E-state index in [4.69, 9.17) is 0 Å². The molecule has 18 heavy (non-hydrogen) atoms. The van der Waals surface area contributed by atoms with Gasteiger partial charge in [0.05, 0.1) is 0 Å². The lowest BCUT2D eigenvalue weighted by Crippen LogP contribution is -2.44. The molecule has 2 aliphatic rings. The van der Waals surface area contributed by atoms with Crippen molar-refractivity contribution >= 4 is 5.91 Å². The molecule has 1 heterocycles. The van der Waals surface area contributed by atoms with Crippen LogP contribution >= 0.6 is 0 Å². The highest BCUT2D eigenvalue weighted by Gasteiger charge is 2.39. The van der Waals surface area contributed by atoms with Crippen molar-refractivity contribution in [3.8, 4) is 0 Å². The lowest BCUT2D eigenvalue weighted by molar-refractivity contribution is -0.127. The molecule has 1 amide bonds. The fraction of sp³-hybridized carbons (Fsp3) is 0.933. The third kappa shape index (κ3) is 3.25. The first-order chi connectivity index (χ1) is 8.49. The van der Waals surface area contributed by atoms with Crippen LogP contribution in [0.3, 0.4) is 0 Å². The molecule has 104 valence electrons. The van der Waals surface area contributed by atoms with Gasteiger partial charge in [-0.2, -0.15) is 0 Å². The zero-order valence-corrected chi connectivity index (χ0v) is 12.1. The Labute approximate surface area is 111 Å². The van der Waals surface area contributed by atoms with E-state index in [-0.39, 0.29) is 17.2 Å². The van der Waals surface area contributed by atoms with Gasteiger partial charge in [0, 0.05) is 18.5 Å². The van der Waals surface area contributed by atoms with Crippen molar-refractivity contribution in [2.75, 3.05) is 13.1 Å². The highest BCUT2D eigenvalue weighted by atomic mass is 16.1. The van der Waals surface area contributed by atoms with E-state index in [1.165, 1.54) is 25.7 Å². The molecule has 0 radical (unpaired) electrons. The van der Waals surface area contributed by atoms with Crippen molar-refractivity contribution in [1.82, 2.24) is 10.6 Å². The van der Waals surface area contributed by atoms with E-state index >= 15 is 0 Å². The predicted molar refractivity (Wildman–Crippen MR) is 74.3 cm³/mol. The van der Waals surface area contributed by atoms with Crippen LogP contribution < -0.4 is 10.6 Å². The minimum Gasteiger partial charge on any atom is -0.356 e. The zero-order valence-electron chi connectivity index (χ0n) is 12.1. The Hall–Kier alpha value is -0.570. The summed E-state index contributed by atoms with van der Waals surface area (Å²) in [6, 6.07) is 0.644. The monoisotopic (exact) mass is 252 g/mol. The lowest BCUT2D eigenvalue weighted by atomic mass is 9.81. The highest BCUT2D eigenvalue weighted by molar-refractivity contribution is 5.79. The fourth-order valence-electron chi connectivity index (χ4n) is 3.41. The van der Waals surface area contributed by atoms with Crippen LogP contribution in [0, 0.1) is 17.3 Å². The van der Waals surface area contributed by atoms with Crippen molar-refractivity contribution in [2.45, 2.75) is 58.9 Å². The SMILES string of the molecule is CC1CCC(CNC(=O)C2CCCC2(C)C)CN1. The Morgan fingerprint density at radius 3 is 2.67 bits per heavy atom. The molecule has 0 aromatic heterocycles. The Bertz CT molecular complexity index is 293. The standard InChI is InChI=1S/C15H28N2O/c1-11-6-7-12(9-16-11)10-17-14(18)13-5-4-8-15(13,2)3/h11-13,16H,4-10H2,1-3H3,(H,17,18). The van der Waals surface area contributed by atoms with E-state index in [0.717, 1.165) is 19.5 Å². The quantitative estimate of drug-likeness (QED) is 0.809. The van der Waals surface area contributed by atoms with Crippen LogP contribution in [0.1, 0.15) is 52.9 Å². The van der Waals surface area contributed by atoms with Crippen LogP contribution in [0.25, 0.3) is 0 Å². The summed E-state index contributed by atoms with van der Waals surface area (Å²) in [6.45, 7) is 8.60. The number of piperidine rings is 1. The van der Waals surface area contributed by atoms with Gasteiger partial charge in [-0.15, -0.1) is 0 Å². The molecule has 0 aromatic rings. The summed E-state index contributed by atoms with van der Waals surface area (Å²) in [6.07, 6.45) is 5.93. The summed E-state index contributed by atoms with van der Waals surface area (Å²) in [5.74, 6) is 1.14. The normalized spacial score (nSPS) is 35.4. The molecular formula is C15H28N2O. The topological polar surface area (TPSA) is 41.1 Å². The first-order valence-electron chi connectivity index (χ1n) is 7.50. The zero-order chi connectivity index (χ0) is 13.2. The molecule has 3 nitrogen and oxygen atoms in total. The largest absolute Gasteiger partial charge is 0.356 e.